The molecule has 0 bridgehead atoms. The fourth-order valence-corrected chi connectivity index (χ4v) is 2.02. The minimum Gasteiger partial charge on any atom is -0.346 e. The summed E-state index contributed by atoms with van der Waals surface area (Å²) in [6, 6.07) is 1.53. The molecule has 0 unspecified atom stereocenters. The summed E-state index contributed by atoms with van der Waals surface area (Å²) in [6.07, 6.45) is 3.78. The third kappa shape index (κ3) is 2.75. The number of nitrogens with zero attached hydrogens (tertiary/aromatic N) is 3. The van der Waals surface area contributed by atoms with Crippen molar-refractivity contribution < 1.29 is 9.18 Å². The van der Waals surface area contributed by atoms with Gasteiger partial charge in [0.25, 0.3) is 0 Å². The maximum atomic E-state index is 13.4. The fraction of sp³-hybridized carbons (Fsp3) is 0.0909. The molecule has 0 aliphatic carbocycles. The highest BCUT2D eigenvalue weighted by molar-refractivity contribution is 7.14. The summed E-state index contributed by atoms with van der Waals surface area (Å²) in [5, 5.41) is 11.4. The Morgan fingerprint density at radius 1 is 1.56 bits per heavy atom. The monoisotopic (exact) mass is 264 g/mol. The second-order valence-electron chi connectivity index (χ2n) is 3.28. The Morgan fingerprint density at radius 2 is 2.39 bits per heavy atom. The number of amides is 1. The molecule has 0 radical (unpaired) electrons. The van der Waals surface area contributed by atoms with E-state index >= 15 is 0 Å². The van der Waals surface area contributed by atoms with Gasteiger partial charge in [-0.3, -0.25) is 9.78 Å². The van der Waals surface area contributed by atoms with Gasteiger partial charge >= 0.3 is 0 Å². The van der Waals surface area contributed by atoms with Crippen molar-refractivity contribution >= 4 is 17.2 Å². The van der Waals surface area contributed by atoms with Crippen LogP contribution in [0.3, 0.4) is 0 Å². The van der Waals surface area contributed by atoms with Crippen LogP contribution in [-0.2, 0) is 11.3 Å². The van der Waals surface area contributed by atoms with Crippen LogP contribution in [-0.4, -0.2) is 21.1 Å². The molecule has 0 saturated heterocycles. The Morgan fingerprint density at radius 3 is 3.11 bits per heavy atom. The number of carbonyl (C=O) groups excluding carboxylic acids is 1. The first-order chi connectivity index (χ1) is 8.70. The van der Waals surface area contributed by atoms with Crippen LogP contribution in [0.4, 0.5) is 4.39 Å². The van der Waals surface area contributed by atoms with Crippen molar-refractivity contribution in [2.75, 3.05) is 0 Å². The molecular weight excluding hydrogens is 255 g/mol. The predicted octanol–water partition coefficient (Wildman–Crippen LogP) is 1.54. The summed E-state index contributed by atoms with van der Waals surface area (Å²) in [7, 11) is 0. The molecule has 0 aliphatic rings. The van der Waals surface area contributed by atoms with Crippen LogP contribution in [0.5, 0.6) is 0 Å². The molecule has 2 aromatic rings. The van der Waals surface area contributed by atoms with Crippen molar-refractivity contribution in [2.45, 2.75) is 6.54 Å². The molecule has 0 saturated carbocycles. The van der Waals surface area contributed by atoms with Crippen LogP contribution in [0.15, 0.2) is 31.1 Å². The highest BCUT2D eigenvalue weighted by Gasteiger charge is 2.11. The van der Waals surface area contributed by atoms with Crippen LogP contribution in [0.25, 0.3) is 10.6 Å². The lowest BCUT2D eigenvalue weighted by molar-refractivity contribution is -0.116. The third-order valence-corrected chi connectivity index (χ3v) is 3.03. The van der Waals surface area contributed by atoms with Gasteiger partial charge in [0, 0.05) is 6.20 Å². The Kier molecular flexibility index (Phi) is 3.73. The predicted molar refractivity (Wildman–Crippen MR) is 65.1 cm³/mol. The quantitative estimate of drug-likeness (QED) is 0.851. The number of hydrogen-bond donors (Lipinski definition) is 1. The van der Waals surface area contributed by atoms with Crippen molar-refractivity contribution in [1.82, 2.24) is 20.5 Å². The van der Waals surface area contributed by atoms with Gasteiger partial charge < -0.3 is 5.32 Å². The fourth-order valence-electron chi connectivity index (χ4n) is 1.22. The van der Waals surface area contributed by atoms with E-state index in [0.717, 1.165) is 6.20 Å². The zero-order valence-corrected chi connectivity index (χ0v) is 10.1. The molecular formula is C11H9FN4OS. The Labute approximate surface area is 106 Å². The lowest BCUT2D eigenvalue weighted by atomic mass is 10.3. The maximum Gasteiger partial charge on any atom is 0.243 e. The minimum atomic E-state index is -0.449. The molecule has 5 nitrogen and oxygen atoms in total. The number of aromatic nitrogens is 3. The van der Waals surface area contributed by atoms with E-state index in [9.17, 15) is 9.18 Å². The highest BCUT2D eigenvalue weighted by atomic mass is 32.1. The molecule has 2 rings (SSSR count). The summed E-state index contributed by atoms with van der Waals surface area (Å²) in [4.78, 5) is 14.6. The third-order valence-electron chi connectivity index (χ3n) is 2.07. The van der Waals surface area contributed by atoms with E-state index in [2.05, 4.69) is 27.1 Å². The van der Waals surface area contributed by atoms with E-state index in [4.69, 9.17) is 0 Å². The van der Waals surface area contributed by atoms with Crippen molar-refractivity contribution in [3.05, 3.63) is 41.9 Å². The second kappa shape index (κ2) is 5.46. The normalized spacial score (nSPS) is 10.1. The first-order valence-corrected chi connectivity index (χ1v) is 5.85. The van der Waals surface area contributed by atoms with Crippen LogP contribution in [0, 0.1) is 5.82 Å². The number of hydrogen-bond acceptors (Lipinski definition) is 5. The molecule has 2 aromatic heterocycles. The van der Waals surface area contributed by atoms with E-state index in [1.54, 1.807) is 0 Å². The first-order valence-electron chi connectivity index (χ1n) is 5.03. The summed E-state index contributed by atoms with van der Waals surface area (Å²) >= 11 is 1.21. The zero-order valence-electron chi connectivity index (χ0n) is 9.26. The highest BCUT2D eigenvalue weighted by Crippen LogP contribution is 2.25. The Bertz CT molecular complexity index is 584. The summed E-state index contributed by atoms with van der Waals surface area (Å²) in [5.41, 5.74) is 0.351. The average molecular weight is 264 g/mol. The molecule has 1 amide bonds. The second-order valence-corrected chi connectivity index (χ2v) is 4.34. The Balaban J connectivity index is 2.13. The van der Waals surface area contributed by atoms with Gasteiger partial charge in [0.05, 0.1) is 18.3 Å². The first kappa shape index (κ1) is 12.3. The number of pyridine rings is 1. The van der Waals surface area contributed by atoms with Crippen LogP contribution >= 0.6 is 11.3 Å². The van der Waals surface area contributed by atoms with E-state index < -0.39 is 5.82 Å². The zero-order chi connectivity index (χ0) is 13.0. The van der Waals surface area contributed by atoms with Gasteiger partial charge in [-0.25, -0.2) is 4.39 Å². The standard InChI is InChI=1S/C11H9FN4OS/c1-2-9(17)14-6-10-15-16-11(18-10)7-3-4-13-5-8(7)12/h2-5H,1,6H2,(H,14,17). The van der Waals surface area contributed by atoms with Gasteiger partial charge in [-0.2, -0.15) is 0 Å². The molecule has 0 aromatic carbocycles. The van der Waals surface area contributed by atoms with Gasteiger partial charge in [-0.05, 0) is 12.1 Å². The molecule has 92 valence electrons. The smallest absolute Gasteiger partial charge is 0.243 e. The molecule has 0 atom stereocenters. The Hall–Kier alpha value is -2.15. The van der Waals surface area contributed by atoms with Crippen molar-refractivity contribution in [2.24, 2.45) is 0 Å². The van der Waals surface area contributed by atoms with Crippen LogP contribution in [0.2, 0.25) is 0 Å². The average Bonchev–Trinajstić information content (AvgIpc) is 2.85. The molecule has 18 heavy (non-hydrogen) atoms. The van der Waals surface area contributed by atoms with Gasteiger partial charge in [0.1, 0.15) is 5.01 Å². The number of halogens is 1. The minimum absolute atomic E-state index is 0.245. The molecule has 0 spiro atoms. The molecule has 2 heterocycles. The van der Waals surface area contributed by atoms with Gasteiger partial charge in [-0.1, -0.05) is 17.9 Å². The molecule has 0 aliphatic heterocycles. The van der Waals surface area contributed by atoms with E-state index in [0.29, 0.717) is 15.6 Å². The molecule has 7 heteroatoms. The van der Waals surface area contributed by atoms with E-state index in [1.165, 1.54) is 29.7 Å². The largest absolute Gasteiger partial charge is 0.346 e. The number of nitrogens with one attached hydrogen (secondary N) is 1. The summed E-state index contributed by atoms with van der Waals surface area (Å²) in [6.45, 7) is 3.58. The van der Waals surface area contributed by atoms with Gasteiger partial charge in [0.15, 0.2) is 10.8 Å². The lowest BCUT2D eigenvalue weighted by Gasteiger charge is -1.96. The SMILES string of the molecule is C=CC(=O)NCc1nnc(-c2ccncc2F)s1. The summed E-state index contributed by atoms with van der Waals surface area (Å²) < 4.78 is 13.4. The lowest BCUT2D eigenvalue weighted by Crippen LogP contribution is -2.19. The van der Waals surface area contributed by atoms with Crippen LogP contribution < -0.4 is 5.32 Å². The van der Waals surface area contributed by atoms with E-state index in [-0.39, 0.29) is 12.5 Å². The van der Waals surface area contributed by atoms with Crippen molar-refractivity contribution in [1.29, 1.82) is 0 Å². The van der Waals surface area contributed by atoms with Crippen molar-refractivity contribution in [3.63, 3.8) is 0 Å². The van der Waals surface area contributed by atoms with E-state index in [1.807, 2.05) is 0 Å². The van der Waals surface area contributed by atoms with Crippen molar-refractivity contribution in [3.8, 4) is 10.6 Å². The summed E-state index contributed by atoms with van der Waals surface area (Å²) in [5.74, 6) is -0.739. The molecule has 0 fully saturated rings. The maximum absolute atomic E-state index is 13.4. The van der Waals surface area contributed by atoms with Gasteiger partial charge in [-0.15, -0.1) is 10.2 Å². The molecule has 1 N–H and O–H groups in total. The number of rotatable bonds is 4. The van der Waals surface area contributed by atoms with Gasteiger partial charge in [0.2, 0.25) is 5.91 Å². The van der Waals surface area contributed by atoms with Crippen LogP contribution in [0.1, 0.15) is 5.01 Å². The topological polar surface area (TPSA) is 67.8 Å². The number of carbonyl (C=O) groups is 1.